The molecular formula is C20H16F3N3O3. The number of alkyl halides is 3. The van der Waals surface area contributed by atoms with Crippen molar-refractivity contribution in [3.8, 4) is 22.8 Å². The van der Waals surface area contributed by atoms with Gasteiger partial charge in [0.2, 0.25) is 0 Å². The van der Waals surface area contributed by atoms with Crippen LogP contribution in [0.15, 0.2) is 59.4 Å². The van der Waals surface area contributed by atoms with Gasteiger partial charge in [0, 0.05) is 12.4 Å². The van der Waals surface area contributed by atoms with Gasteiger partial charge in [-0.05, 0) is 47.5 Å². The molecule has 0 saturated heterocycles. The van der Waals surface area contributed by atoms with E-state index in [0.717, 1.165) is 17.0 Å². The van der Waals surface area contributed by atoms with E-state index in [1.807, 2.05) is 23.8 Å². The molecule has 0 atom stereocenters. The predicted molar refractivity (Wildman–Crippen MR) is 98.6 cm³/mol. The molecule has 150 valence electrons. The van der Waals surface area contributed by atoms with E-state index in [4.69, 9.17) is 9.26 Å². The van der Waals surface area contributed by atoms with Gasteiger partial charge < -0.3 is 18.6 Å². The maximum Gasteiger partial charge on any atom is 0.573 e. The van der Waals surface area contributed by atoms with Gasteiger partial charge in [-0.25, -0.2) is 4.98 Å². The van der Waals surface area contributed by atoms with E-state index in [9.17, 15) is 13.2 Å². The van der Waals surface area contributed by atoms with E-state index < -0.39 is 6.36 Å². The van der Waals surface area contributed by atoms with Crippen molar-refractivity contribution in [1.82, 2.24) is 14.7 Å². The van der Waals surface area contributed by atoms with Crippen LogP contribution < -0.4 is 9.47 Å². The Balaban J connectivity index is 1.51. The van der Waals surface area contributed by atoms with Gasteiger partial charge in [-0.2, -0.15) is 0 Å². The first-order valence-electron chi connectivity index (χ1n) is 8.75. The van der Waals surface area contributed by atoms with Crippen LogP contribution in [0.25, 0.3) is 22.1 Å². The van der Waals surface area contributed by atoms with Crippen LogP contribution in [0.1, 0.15) is 5.82 Å². The van der Waals surface area contributed by atoms with Gasteiger partial charge in [-0.1, -0.05) is 18.2 Å². The zero-order chi connectivity index (χ0) is 20.4. The average molecular weight is 403 g/mol. The highest BCUT2D eigenvalue weighted by molar-refractivity contribution is 5.87. The van der Waals surface area contributed by atoms with Gasteiger partial charge in [0.15, 0.2) is 5.58 Å². The molecule has 0 bridgehead atoms. The number of imidazole rings is 1. The third-order valence-electron chi connectivity index (χ3n) is 4.35. The Morgan fingerprint density at radius 1 is 1.07 bits per heavy atom. The first-order valence-corrected chi connectivity index (χ1v) is 8.75. The molecule has 0 aliphatic rings. The third kappa shape index (κ3) is 4.34. The fourth-order valence-electron chi connectivity index (χ4n) is 2.93. The van der Waals surface area contributed by atoms with Crippen LogP contribution in [0.5, 0.6) is 11.6 Å². The number of rotatable bonds is 6. The summed E-state index contributed by atoms with van der Waals surface area (Å²) in [6.07, 6.45) is -1.13. The summed E-state index contributed by atoms with van der Waals surface area (Å²) in [7, 11) is 0. The lowest BCUT2D eigenvalue weighted by atomic mass is 10.0. The van der Waals surface area contributed by atoms with Crippen molar-refractivity contribution in [3.63, 3.8) is 0 Å². The molecule has 29 heavy (non-hydrogen) atoms. The molecule has 9 heteroatoms. The van der Waals surface area contributed by atoms with Crippen LogP contribution in [0, 0.1) is 6.92 Å². The summed E-state index contributed by atoms with van der Waals surface area (Å²) in [5.41, 5.74) is 2.07. The van der Waals surface area contributed by atoms with Crippen molar-refractivity contribution in [2.24, 2.45) is 0 Å². The van der Waals surface area contributed by atoms with Crippen LogP contribution in [0.3, 0.4) is 0 Å². The monoisotopic (exact) mass is 403 g/mol. The molecule has 6 nitrogen and oxygen atoms in total. The van der Waals surface area contributed by atoms with E-state index in [1.54, 1.807) is 30.5 Å². The Morgan fingerprint density at radius 2 is 1.83 bits per heavy atom. The number of halogens is 3. The van der Waals surface area contributed by atoms with Crippen LogP contribution in [0.4, 0.5) is 13.2 Å². The predicted octanol–water partition coefficient (Wildman–Crippen LogP) is 4.98. The Hall–Kier alpha value is -3.49. The molecule has 2 aromatic heterocycles. The second-order valence-corrected chi connectivity index (χ2v) is 6.29. The van der Waals surface area contributed by atoms with E-state index >= 15 is 0 Å². The Kier molecular flexibility index (Phi) is 4.87. The summed E-state index contributed by atoms with van der Waals surface area (Å²) in [4.78, 5) is 4.16. The first-order chi connectivity index (χ1) is 13.9. The first kappa shape index (κ1) is 18.9. The van der Waals surface area contributed by atoms with Crippen molar-refractivity contribution >= 4 is 11.0 Å². The summed E-state index contributed by atoms with van der Waals surface area (Å²) in [5, 5.41) is 4.64. The number of aromatic nitrogens is 3. The van der Waals surface area contributed by atoms with E-state index in [1.165, 1.54) is 12.1 Å². The Morgan fingerprint density at radius 3 is 2.52 bits per heavy atom. The standard InChI is InChI=1S/C20H16F3N3O3/c1-13-24-8-9-26(13)10-11-27-19-17-12-15(4-7-18(17)29-25-19)14-2-5-16(6-3-14)28-20(21,22)23/h2-9,12H,10-11H2,1H3. The molecule has 4 rings (SSSR count). The van der Waals surface area contributed by atoms with Gasteiger partial charge in [0.1, 0.15) is 18.2 Å². The molecule has 0 unspecified atom stereocenters. The number of fused-ring (bicyclic) bond motifs is 1. The van der Waals surface area contributed by atoms with Gasteiger partial charge in [0.25, 0.3) is 5.88 Å². The minimum Gasteiger partial charge on any atom is -0.473 e. The fraction of sp³-hybridized carbons (Fsp3) is 0.200. The Bertz CT molecular complexity index is 1120. The topological polar surface area (TPSA) is 62.3 Å². The molecule has 0 N–H and O–H groups in total. The highest BCUT2D eigenvalue weighted by Gasteiger charge is 2.30. The molecule has 0 saturated carbocycles. The van der Waals surface area contributed by atoms with Crippen molar-refractivity contribution < 1.29 is 27.2 Å². The van der Waals surface area contributed by atoms with Gasteiger partial charge >= 0.3 is 6.36 Å². The SMILES string of the molecule is Cc1nccn1CCOc1noc2ccc(-c3ccc(OC(F)(F)F)cc3)cc12. The molecule has 0 radical (unpaired) electrons. The van der Waals surface area contributed by atoms with Crippen LogP contribution in [-0.2, 0) is 6.54 Å². The molecule has 2 aromatic carbocycles. The molecule has 2 heterocycles. The van der Waals surface area contributed by atoms with E-state index in [0.29, 0.717) is 30.0 Å². The lowest BCUT2D eigenvalue weighted by Crippen LogP contribution is -2.16. The second-order valence-electron chi connectivity index (χ2n) is 6.29. The maximum atomic E-state index is 12.3. The number of hydrogen-bond donors (Lipinski definition) is 0. The molecule has 0 spiro atoms. The summed E-state index contributed by atoms with van der Waals surface area (Å²) in [6.45, 7) is 2.90. The summed E-state index contributed by atoms with van der Waals surface area (Å²) in [5.74, 6) is 0.974. The molecule has 0 fully saturated rings. The minimum absolute atomic E-state index is 0.272. The van der Waals surface area contributed by atoms with Crippen molar-refractivity contribution in [3.05, 3.63) is 60.7 Å². The molecule has 0 aliphatic heterocycles. The van der Waals surface area contributed by atoms with Crippen LogP contribution in [-0.4, -0.2) is 27.7 Å². The quantitative estimate of drug-likeness (QED) is 0.455. The van der Waals surface area contributed by atoms with Crippen molar-refractivity contribution in [2.75, 3.05) is 6.61 Å². The highest BCUT2D eigenvalue weighted by atomic mass is 19.4. The van der Waals surface area contributed by atoms with Crippen LogP contribution >= 0.6 is 0 Å². The zero-order valence-electron chi connectivity index (χ0n) is 15.3. The van der Waals surface area contributed by atoms with Gasteiger partial charge in [-0.15, -0.1) is 13.2 Å². The molecule has 0 amide bonds. The third-order valence-corrected chi connectivity index (χ3v) is 4.35. The van der Waals surface area contributed by atoms with Gasteiger partial charge in [0.05, 0.1) is 11.9 Å². The Labute approximate surface area is 163 Å². The second kappa shape index (κ2) is 7.50. The number of nitrogens with zero attached hydrogens (tertiary/aromatic N) is 3. The molecule has 0 aliphatic carbocycles. The lowest BCUT2D eigenvalue weighted by molar-refractivity contribution is -0.274. The minimum atomic E-state index is -4.72. The van der Waals surface area contributed by atoms with E-state index in [2.05, 4.69) is 14.9 Å². The number of hydrogen-bond acceptors (Lipinski definition) is 5. The average Bonchev–Trinajstić information content (AvgIpc) is 3.27. The summed E-state index contributed by atoms with van der Waals surface area (Å²) in [6, 6.07) is 11.0. The van der Waals surface area contributed by atoms with E-state index in [-0.39, 0.29) is 5.75 Å². The lowest BCUT2D eigenvalue weighted by Gasteiger charge is -2.09. The van der Waals surface area contributed by atoms with Crippen molar-refractivity contribution in [2.45, 2.75) is 19.8 Å². The summed E-state index contributed by atoms with van der Waals surface area (Å²) >= 11 is 0. The van der Waals surface area contributed by atoms with Crippen molar-refractivity contribution in [1.29, 1.82) is 0 Å². The summed E-state index contributed by atoms with van der Waals surface area (Å²) < 4.78 is 53.8. The largest absolute Gasteiger partial charge is 0.573 e. The normalized spacial score (nSPS) is 11.7. The van der Waals surface area contributed by atoms with Crippen LogP contribution in [0.2, 0.25) is 0 Å². The molecule has 4 aromatic rings. The fourth-order valence-corrected chi connectivity index (χ4v) is 2.93. The number of aryl methyl sites for hydroxylation is 1. The zero-order valence-corrected chi connectivity index (χ0v) is 15.3. The number of benzene rings is 2. The number of ether oxygens (including phenoxy) is 2. The molecular weight excluding hydrogens is 387 g/mol. The maximum absolute atomic E-state index is 12.3. The highest BCUT2D eigenvalue weighted by Crippen LogP contribution is 2.31. The van der Waals surface area contributed by atoms with Gasteiger partial charge in [-0.3, -0.25) is 0 Å². The smallest absolute Gasteiger partial charge is 0.473 e.